The third-order valence-electron chi connectivity index (χ3n) is 4.81. The highest BCUT2D eigenvalue weighted by Crippen LogP contribution is 2.17. The summed E-state index contributed by atoms with van der Waals surface area (Å²) in [5.41, 5.74) is 2.37. The van der Waals surface area contributed by atoms with Gasteiger partial charge in [0.15, 0.2) is 5.96 Å². The smallest absolute Gasteiger partial charge is 0.191 e. The van der Waals surface area contributed by atoms with Crippen molar-refractivity contribution in [2.24, 2.45) is 4.99 Å². The minimum atomic E-state index is 0. The van der Waals surface area contributed by atoms with Gasteiger partial charge in [-0.25, -0.2) is 9.98 Å². The number of nitrogens with zero attached hydrogens (tertiary/aromatic N) is 3. The van der Waals surface area contributed by atoms with E-state index < -0.39 is 0 Å². The number of aromatic nitrogens is 1. The number of guanidine groups is 1. The molecule has 2 heterocycles. The third kappa shape index (κ3) is 7.30. The van der Waals surface area contributed by atoms with Crippen molar-refractivity contribution in [1.82, 2.24) is 15.6 Å². The number of anilines is 1. The Balaban J connectivity index is 0.00000280. The van der Waals surface area contributed by atoms with Gasteiger partial charge in [0.1, 0.15) is 5.82 Å². The fraction of sp³-hybridized carbons (Fsp3) is 0.455. The maximum Gasteiger partial charge on any atom is 0.191 e. The molecule has 0 bridgehead atoms. The van der Waals surface area contributed by atoms with Gasteiger partial charge in [-0.3, -0.25) is 0 Å². The Kier molecular flexibility index (Phi) is 10.1. The quantitative estimate of drug-likeness (QED) is 0.357. The number of rotatable bonds is 6. The predicted octanol–water partition coefficient (Wildman–Crippen LogP) is 4.34. The summed E-state index contributed by atoms with van der Waals surface area (Å²) in [4.78, 5) is 11.8. The van der Waals surface area contributed by atoms with Gasteiger partial charge in [0, 0.05) is 32.4 Å². The molecule has 3 rings (SSSR count). The standard InChI is InChI=1S/C22H31N5.HI/c1-2-23-22(25-16-19-10-6-5-7-11-19)26-18-20-12-13-21(24-17-20)27-14-8-3-4-9-15-27;/h5-7,10-13,17H,2-4,8-9,14-16,18H2,1H3,(H2,23,25,26);1H. The van der Waals surface area contributed by atoms with E-state index in [0.717, 1.165) is 43.5 Å². The predicted molar refractivity (Wildman–Crippen MR) is 128 cm³/mol. The van der Waals surface area contributed by atoms with Crippen LogP contribution in [0.4, 0.5) is 5.82 Å². The number of benzene rings is 1. The van der Waals surface area contributed by atoms with Gasteiger partial charge >= 0.3 is 0 Å². The summed E-state index contributed by atoms with van der Waals surface area (Å²) >= 11 is 0. The lowest BCUT2D eigenvalue weighted by molar-refractivity contribution is 0.726. The van der Waals surface area contributed by atoms with E-state index in [0.29, 0.717) is 6.54 Å². The summed E-state index contributed by atoms with van der Waals surface area (Å²) in [5, 5.41) is 6.69. The molecule has 2 N–H and O–H groups in total. The largest absolute Gasteiger partial charge is 0.357 e. The normalized spacial score (nSPS) is 14.8. The summed E-state index contributed by atoms with van der Waals surface area (Å²) in [7, 11) is 0. The van der Waals surface area contributed by atoms with Crippen LogP contribution in [0.25, 0.3) is 0 Å². The van der Waals surface area contributed by atoms with Crippen LogP contribution in [0.1, 0.15) is 43.7 Å². The number of hydrogen-bond donors (Lipinski definition) is 2. The maximum atomic E-state index is 4.70. The Morgan fingerprint density at radius 3 is 2.36 bits per heavy atom. The summed E-state index contributed by atoms with van der Waals surface area (Å²) < 4.78 is 0. The van der Waals surface area contributed by atoms with Crippen molar-refractivity contribution in [3.05, 3.63) is 59.8 Å². The van der Waals surface area contributed by atoms with Crippen LogP contribution in [0.15, 0.2) is 53.7 Å². The molecule has 0 atom stereocenters. The molecule has 1 aliphatic heterocycles. The van der Waals surface area contributed by atoms with Gasteiger partial charge in [-0.1, -0.05) is 49.2 Å². The first-order valence-electron chi connectivity index (χ1n) is 10.1. The van der Waals surface area contributed by atoms with E-state index in [-0.39, 0.29) is 24.0 Å². The van der Waals surface area contributed by atoms with Gasteiger partial charge in [-0.05, 0) is 37.0 Å². The van der Waals surface area contributed by atoms with Gasteiger partial charge in [-0.2, -0.15) is 0 Å². The van der Waals surface area contributed by atoms with E-state index >= 15 is 0 Å². The lowest BCUT2D eigenvalue weighted by atomic mass is 10.2. The molecule has 6 heteroatoms. The lowest BCUT2D eigenvalue weighted by Gasteiger charge is -2.21. The Labute approximate surface area is 186 Å². The van der Waals surface area contributed by atoms with Crippen molar-refractivity contribution in [2.45, 2.75) is 45.7 Å². The zero-order valence-electron chi connectivity index (χ0n) is 16.7. The van der Waals surface area contributed by atoms with Crippen molar-refractivity contribution in [3.63, 3.8) is 0 Å². The molecule has 0 amide bonds. The second-order valence-corrected chi connectivity index (χ2v) is 6.96. The molecule has 0 spiro atoms. The topological polar surface area (TPSA) is 52.6 Å². The summed E-state index contributed by atoms with van der Waals surface area (Å²) in [6.07, 6.45) is 7.18. The summed E-state index contributed by atoms with van der Waals surface area (Å²) in [5.74, 6) is 1.93. The van der Waals surface area contributed by atoms with Crippen molar-refractivity contribution in [3.8, 4) is 0 Å². The van der Waals surface area contributed by atoms with E-state index in [1.165, 1.54) is 31.2 Å². The van der Waals surface area contributed by atoms with Gasteiger partial charge in [0.2, 0.25) is 0 Å². The molecule has 2 aromatic rings. The second-order valence-electron chi connectivity index (χ2n) is 6.96. The average Bonchev–Trinajstić information content (AvgIpc) is 3.01. The Hall–Kier alpha value is -1.83. The zero-order valence-corrected chi connectivity index (χ0v) is 19.1. The highest BCUT2D eigenvalue weighted by molar-refractivity contribution is 14.0. The van der Waals surface area contributed by atoms with Crippen molar-refractivity contribution < 1.29 is 0 Å². The van der Waals surface area contributed by atoms with Crippen molar-refractivity contribution >= 4 is 35.8 Å². The molecule has 1 aliphatic rings. The van der Waals surface area contributed by atoms with Crippen LogP contribution >= 0.6 is 24.0 Å². The monoisotopic (exact) mass is 493 g/mol. The minimum absolute atomic E-state index is 0. The molecule has 0 aliphatic carbocycles. The van der Waals surface area contributed by atoms with E-state index in [9.17, 15) is 0 Å². The van der Waals surface area contributed by atoms with Crippen LogP contribution in [0.2, 0.25) is 0 Å². The highest BCUT2D eigenvalue weighted by atomic mass is 127. The first-order valence-corrected chi connectivity index (χ1v) is 10.1. The molecular weight excluding hydrogens is 461 g/mol. The third-order valence-corrected chi connectivity index (χ3v) is 4.81. The van der Waals surface area contributed by atoms with Crippen LogP contribution in [-0.4, -0.2) is 30.6 Å². The maximum absolute atomic E-state index is 4.70. The molecule has 1 fully saturated rings. The van der Waals surface area contributed by atoms with Crippen LogP contribution in [0.5, 0.6) is 0 Å². The van der Waals surface area contributed by atoms with Crippen LogP contribution in [0, 0.1) is 0 Å². The Bertz CT molecular complexity index is 695. The van der Waals surface area contributed by atoms with E-state index in [2.05, 4.69) is 63.8 Å². The molecule has 5 nitrogen and oxygen atoms in total. The van der Waals surface area contributed by atoms with Crippen LogP contribution in [0.3, 0.4) is 0 Å². The van der Waals surface area contributed by atoms with E-state index in [1.807, 2.05) is 12.3 Å². The first-order chi connectivity index (χ1) is 13.3. The SMILES string of the molecule is CCNC(=NCc1ccc(N2CCCCCC2)nc1)NCc1ccccc1.I. The second kappa shape index (κ2) is 12.6. The molecule has 1 aromatic carbocycles. The van der Waals surface area contributed by atoms with Gasteiger partial charge in [0.05, 0.1) is 6.54 Å². The van der Waals surface area contributed by atoms with Crippen LogP contribution < -0.4 is 15.5 Å². The lowest BCUT2D eigenvalue weighted by Crippen LogP contribution is -2.36. The fourth-order valence-corrected chi connectivity index (χ4v) is 3.29. The first kappa shape index (κ1) is 22.5. The van der Waals surface area contributed by atoms with Crippen molar-refractivity contribution in [2.75, 3.05) is 24.5 Å². The molecular formula is C22H32IN5. The number of hydrogen-bond acceptors (Lipinski definition) is 3. The number of pyridine rings is 1. The molecule has 1 aromatic heterocycles. The molecule has 0 unspecified atom stereocenters. The molecule has 28 heavy (non-hydrogen) atoms. The summed E-state index contributed by atoms with van der Waals surface area (Å²) in [6, 6.07) is 14.7. The molecule has 0 saturated carbocycles. The molecule has 1 saturated heterocycles. The Morgan fingerprint density at radius 1 is 0.964 bits per heavy atom. The van der Waals surface area contributed by atoms with Gasteiger partial charge in [0.25, 0.3) is 0 Å². The highest BCUT2D eigenvalue weighted by Gasteiger charge is 2.10. The van der Waals surface area contributed by atoms with Gasteiger partial charge in [-0.15, -0.1) is 24.0 Å². The Morgan fingerprint density at radius 2 is 1.71 bits per heavy atom. The van der Waals surface area contributed by atoms with E-state index in [1.54, 1.807) is 0 Å². The van der Waals surface area contributed by atoms with Crippen molar-refractivity contribution in [1.29, 1.82) is 0 Å². The van der Waals surface area contributed by atoms with Gasteiger partial charge < -0.3 is 15.5 Å². The summed E-state index contributed by atoms with van der Waals surface area (Å²) in [6.45, 7) is 6.55. The average molecular weight is 493 g/mol. The number of aliphatic imine (C=N–C) groups is 1. The zero-order chi connectivity index (χ0) is 18.7. The number of nitrogens with one attached hydrogen (secondary N) is 2. The number of halogens is 1. The fourth-order valence-electron chi connectivity index (χ4n) is 3.29. The van der Waals surface area contributed by atoms with E-state index in [4.69, 9.17) is 4.99 Å². The minimum Gasteiger partial charge on any atom is -0.357 e. The molecule has 0 radical (unpaired) electrons. The van der Waals surface area contributed by atoms with Crippen LogP contribution in [-0.2, 0) is 13.1 Å². The molecule has 152 valence electrons.